The van der Waals surface area contributed by atoms with Crippen molar-refractivity contribution in [3.05, 3.63) is 11.6 Å². The number of halogens is 1. The number of aliphatic imine (C=N–C) groups is 1. The third-order valence-electron chi connectivity index (χ3n) is 5.13. The van der Waals surface area contributed by atoms with Crippen molar-refractivity contribution in [2.75, 3.05) is 33.4 Å². The van der Waals surface area contributed by atoms with Gasteiger partial charge in [0.2, 0.25) is 0 Å². The van der Waals surface area contributed by atoms with E-state index in [0.717, 1.165) is 63.0 Å². The molecule has 1 fully saturated rings. The lowest BCUT2D eigenvalue weighted by Gasteiger charge is -2.19. The molecule has 0 amide bonds. The number of aromatic nitrogens is 3. The first-order valence-electron chi connectivity index (χ1n) is 10.3. The minimum Gasteiger partial charge on any atom is -0.379 e. The van der Waals surface area contributed by atoms with Gasteiger partial charge in [0.05, 0.1) is 19.3 Å². The first-order chi connectivity index (χ1) is 13.3. The summed E-state index contributed by atoms with van der Waals surface area (Å²) in [6.07, 6.45) is 8.00. The van der Waals surface area contributed by atoms with E-state index in [1.54, 1.807) is 7.05 Å². The summed E-state index contributed by atoms with van der Waals surface area (Å²) in [4.78, 5) is 4.31. The van der Waals surface area contributed by atoms with E-state index < -0.39 is 0 Å². The molecule has 0 radical (unpaired) electrons. The van der Waals surface area contributed by atoms with Gasteiger partial charge < -0.3 is 24.7 Å². The maximum atomic E-state index is 5.86. The molecule has 3 heterocycles. The molecule has 0 spiro atoms. The first-order valence-corrected chi connectivity index (χ1v) is 10.3. The topological polar surface area (TPSA) is 85.6 Å². The zero-order valence-corrected chi connectivity index (χ0v) is 19.5. The fraction of sp³-hybridized carbons (Fsp3) is 0.842. The van der Waals surface area contributed by atoms with E-state index in [2.05, 4.69) is 37.3 Å². The monoisotopic (exact) mass is 506 g/mol. The Kier molecular flexibility index (Phi) is 10.5. The normalized spacial score (nSPS) is 20.8. The van der Waals surface area contributed by atoms with Crippen molar-refractivity contribution in [2.45, 2.75) is 70.6 Å². The third kappa shape index (κ3) is 7.14. The Labute approximate surface area is 185 Å². The zero-order chi connectivity index (χ0) is 18.9. The average molecular weight is 506 g/mol. The second kappa shape index (κ2) is 12.6. The van der Waals surface area contributed by atoms with Gasteiger partial charge in [0.1, 0.15) is 11.6 Å². The number of fused-ring (bicyclic) bond motifs is 1. The molecule has 3 rings (SSSR count). The van der Waals surface area contributed by atoms with Crippen LogP contribution in [0.5, 0.6) is 0 Å². The minimum absolute atomic E-state index is 0. The van der Waals surface area contributed by atoms with Gasteiger partial charge in [0, 0.05) is 45.6 Å². The summed E-state index contributed by atoms with van der Waals surface area (Å²) in [5.74, 6) is 3.10. The van der Waals surface area contributed by atoms with Crippen LogP contribution >= 0.6 is 24.0 Å². The smallest absolute Gasteiger partial charge is 0.191 e. The maximum absolute atomic E-state index is 5.86. The Bertz CT molecular complexity index is 603. The number of ether oxygens (including phenoxy) is 2. The fourth-order valence-electron chi connectivity index (χ4n) is 3.58. The largest absolute Gasteiger partial charge is 0.379 e. The van der Waals surface area contributed by atoms with Crippen molar-refractivity contribution in [1.29, 1.82) is 0 Å². The third-order valence-corrected chi connectivity index (χ3v) is 5.13. The van der Waals surface area contributed by atoms with E-state index in [1.807, 2.05) is 0 Å². The molecule has 8 nitrogen and oxygen atoms in total. The quantitative estimate of drug-likeness (QED) is 0.243. The minimum atomic E-state index is 0. The standard InChI is InChI=1S/C19H34N6O2.HI/c1-15(13-27-16-9-12-26-14-16)22-19(20-2)21-10-6-8-18-24-23-17-7-4-3-5-11-25(17)18;/h15-16H,3-14H2,1-2H3,(H2,20,21,22);1H. The number of hydrogen-bond donors (Lipinski definition) is 2. The van der Waals surface area contributed by atoms with Crippen LogP contribution in [0.3, 0.4) is 0 Å². The van der Waals surface area contributed by atoms with Crippen LogP contribution in [0.25, 0.3) is 0 Å². The lowest BCUT2D eigenvalue weighted by Crippen LogP contribution is -2.44. The maximum Gasteiger partial charge on any atom is 0.191 e. The van der Waals surface area contributed by atoms with Gasteiger partial charge in [-0.25, -0.2) is 0 Å². The molecule has 1 saturated heterocycles. The molecule has 0 aliphatic carbocycles. The van der Waals surface area contributed by atoms with Crippen molar-refractivity contribution >= 4 is 29.9 Å². The van der Waals surface area contributed by atoms with Gasteiger partial charge in [-0.15, -0.1) is 34.2 Å². The number of nitrogens with one attached hydrogen (secondary N) is 2. The Hall–Kier alpha value is -0.940. The highest BCUT2D eigenvalue weighted by molar-refractivity contribution is 14.0. The van der Waals surface area contributed by atoms with Crippen molar-refractivity contribution in [3.8, 4) is 0 Å². The van der Waals surface area contributed by atoms with Gasteiger partial charge in [-0.2, -0.15) is 0 Å². The lowest BCUT2D eigenvalue weighted by molar-refractivity contribution is 0.0347. The van der Waals surface area contributed by atoms with Gasteiger partial charge in [-0.05, 0) is 32.6 Å². The number of aryl methyl sites for hydroxylation is 2. The highest BCUT2D eigenvalue weighted by atomic mass is 127. The Morgan fingerprint density at radius 3 is 3.04 bits per heavy atom. The summed E-state index contributed by atoms with van der Waals surface area (Å²) in [7, 11) is 1.80. The molecule has 160 valence electrons. The molecular formula is C19H35IN6O2. The molecule has 0 aromatic carbocycles. The second-order valence-electron chi connectivity index (χ2n) is 7.46. The zero-order valence-electron chi connectivity index (χ0n) is 17.2. The van der Waals surface area contributed by atoms with Gasteiger partial charge in [0.15, 0.2) is 5.96 Å². The van der Waals surface area contributed by atoms with E-state index >= 15 is 0 Å². The van der Waals surface area contributed by atoms with Crippen LogP contribution in [-0.4, -0.2) is 66.3 Å². The second-order valence-corrected chi connectivity index (χ2v) is 7.46. The lowest BCUT2D eigenvalue weighted by atomic mass is 10.2. The molecule has 2 N–H and O–H groups in total. The molecule has 1 aromatic heterocycles. The summed E-state index contributed by atoms with van der Waals surface area (Å²) in [6.45, 7) is 6.20. The van der Waals surface area contributed by atoms with Crippen LogP contribution in [0.1, 0.15) is 50.7 Å². The van der Waals surface area contributed by atoms with E-state index in [1.165, 1.54) is 19.3 Å². The molecule has 2 unspecified atom stereocenters. The summed E-state index contributed by atoms with van der Waals surface area (Å²) in [6, 6.07) is 0.198. The van der Waals surface area contributed by atoms with Gasteiger partial charge in [-0.1, -0.05) is 6.42 Å². The summed E-state index contributed by atoms with van der Waals surface area (Å²) < 4.78 is 13.5. The van der Waals surface area contributed by atoms with Gasteiger partial charge >= 0.3 is 0 Å². The van der Waals surface area contributed by atoms with E-state index in [9.17, 15) is 0 Å². The predicted molar refractivity (Wildman–Crippen MR) is 120 cm³/mol. The van der Waals surface area contributed by atoms with E-state index in [4.69, 9.17) is 9.47 Å². The van der Waals surface area contributed by atoms with E-state index in [-0.39, 0.29) is 36.1 Å². The summed E-state index contributed by atoms with van der Waals surface area (Å²) >= 11 is 0. The van der Waals surface area contributed by atoms with Gasteiger partial charge in [-0.3, -0.25) is 4.99 Å². The highest BCUT2D eigenvalue weighted by Crippen LogP contribution is 2.15. The highest BCUT2D eigenvalue weighted by Gasteiger charge is 2.17. The number of nitrogens with zero attached hydrogens (tertiary/aromatic N) is 4. The number of guanidine groups is 1. The number of rotatable bonds is 8. The van der Waals surface area contributed by atoms with Crippen LogP contribution in [0.2, 0.25) is 0 Å². The Balaban J connectivity index is 0.00000280. The van der Waals surface area contributed by atoms with Crippen LogP contribution < -0.4 is 10.6 Å². The predicted octanol–water partition coefficient (Wildman–Crippen LogP) is 1.91. The van der Waals surface area contributed by atoms with Crippen LogP contribution in [0.4, 0.5) is 0 Å². The van der Waals surface area contributed by atoms with E-state index in [0.29, 0.717) is 13.2 Å². The van der Waals surface area contributed by atoms with Gasteiger partial charge in [0.25, 0.3) is 0 Å². The van der Waals surface area contributed by atoms with Crippen LogP contribution in [-0.2, 0) is 28.9 Å². The average Bonchev–Trinajstić information content (AvgIpc) is 3.27. The molecule has 28 heavy (non-hydrogen) atoms. The molecule has 2 aliphatic rings. The molecule has 2 atom stereocenters. The molecule has 0 bridgehead atoms. The van der Waals surface area contributed by atoms with Crippen LogP contribution in [0, 0.1) is 0 Å². The molecule has 9 heteroatoms. The van der Waals surface area contributed by atoms with Crippen molar-refractivity contribution in [3.63, 3.8) is 0 Å². The molecule has 1 aromatic rings. The van der Waals surface area contributed by atoms with Crippen molar-refractivity contribution in [2.24, 2.45) is 4.99 Å². The number of hydrogen-bond acceptors (Lipinski definition) is 5. The molecule has 0 saturated carbocycles. The fourth-order valence-corrected chi connectivity index (χ4v) is 3.58. The van der Waals surface area contributed by atoms with Crippen molar-refractivity contribution in [1.82, 2.24) is 25.4 Å². The summed E-state index contributed by atoms with van der Waals surface area (Å²) in [5, 5.41) is 15.5. The SMILES string of the molecule is CN=C(NCCCc1nnc2n1CCCCC2)NC(C)COC1CCOC1.I. The molecule has 2 aliphatic heterocycles. The summed E-state index contributed by atoms with van der Waals surface area (Å²) in [5.41, 5.74) is 0. The Morgan fingerprint density at radius 1 is 1.36 bits per heavy atom. The van der Waals surface area contributed by atoms with Crippen LogP contribution in [0.15, 0.2) is 4.99 Å². The molecular weight excluding hydrogens is 471 g/mol. The van der Waals surface area contributed by atoms with Crippen molar-refractivity contribution < 1.29 is 9.47 Å². The Morgan fingerprint density at radius 2 is 2.25 bits per heavy atom. The first kappa shape index (κ1) is 23.3.